The van der Waals surface area contributed by atoms with Crippen LogP contribution in [0.4, 0.5) is 0 Å². The zero-order valence-corrected chi connectivity index (χ0v) is 16.6. The molecular formula is C23H25ClN2O2. The minimum Gasteiger partial charge on any atom is -0.393 e. The summed E-state index contributed by atoms with van der Waals surface area (Å²) < 4.78 is 4.08. The van der Waals surface area contributed by atoms with E-state index in [0.717, 1.165) is 48.7 Å². The van der Waals surface area contributed by atoms with Crippen molar-refractivity contribution in [1.82, 2.24) is 9.13 Å². The first kappa shape index (κ1) is 18.0. The largest absolute Gasteiger partial charge is 0.393 e. The highest BCUT2D eigenvalue weighted by atomic mass is 35.5. The molecule has 1 N–H and O–H groups in total. The molecule has 2 heterocycles. The molecule has 0 atom stereocenters. The summed E-state index contributed by atoms with van der Waals surface area (Å²) in [6.45, 7) is 0.775. The summed E-state index contributed by atoms with van der Waals surface area (Å²) in [5.74, 6) is 0.636. The van der Waals surface area contributed by atoms with Gasteiger partial charge >= 0.3 is 0 Å². The molecule has 3 aromatic rings. The van der Waals surface area contributed by atoms with E-state index in [-0.39, 0.29) is 11.7 Å². The average molecular weight is 397 g/mol. The van der Waals surface area contributed by atoms with Crippen molar-refractivity contribution in [1.29, 1.82) is 0 Å². The van der Waals surface area contributed by atoms with Gasteiger partial charge in [0.25, 0.3) is 5.56 Å². The van der Waals surface area contributed by atoms with Gasteiger partial charge in [0, 0.05) is 41.4 Å². The molecule has 2 fully saturated rings. The number of fused-ring (bicyclic) bond motifs is 1. The number of hydrogen-bond acceptors (Lipinski definition) is 2. The van der Waals surface area contributed by atoms with Crippen molar-refractivity contribution < 1.29 is 5.11 Å². The Morgan fingerprint density at radius 2 is 1.79 bits per heavy atom. The molecule has 2 aromatic heterocycles. The SMILES string of the molecule is O=c1c(Cl)c(-c2ccc3c(ccn3C3CCC(O)CC3)c2)ccn1CC1CC1. The van der Waals surface area contributed by atoms with Gasteiger partial charge in [-0.25, -0.2) is 0 Å². The van der Waals surface area contributed by atoms with Crippen LogP contribution in [0.25, 0.3) is 22.0 Å². The van der Waals surface area contributed by atoms with Crippen LogP contribution in [0.1, 0.15) is 44.6 Å². The van der Waals surface area contributed by atoms with E-state index >= 15 is 0 Å². The minimum atomic E-state index is -0.145. The van der Waals surface area contributed by atoms with Crippen molar-refractivity contribution in [3.8, 4) is 11.1 Å². The summed E-state index contributed by atoms with van der Waals surface area (Å²) in [6, 6.07) is 10.8. The smallest absolute Gasteiger partial charge is 0.269 e. The zero-order chi connectivity index (χ0) is 19.3. The van der Waals surface area contributed by atoms with Crippen LogP contribution in [-0.2, 0) is 6.54 Å². The molecule has 4 nitrogen and oxygen atoms in total. The highest BCUT2D eigenvalue weighted by Gasteiger charge is 2.23. The van der Waals surface area contributed by atoms with Gasteiger partial charge in [-0.2, -0.15) is 0 Å². The highest BCUT2D eigenvalue weighted by molar-refractivity contribution is 6.33. The van der Waals surface area contributed by atoms with Crippen LogP contribution in [0, 0.1) is 5.92 Å². The molecular weight excluding hydrogens is 372 g/mol. The van der Waals surface area contributed by atoms with Crippen molar-refractivity contribution in [2.45, 2.75) is 57.2 Å². The van der Waals surface area contributed by atoms with E-state index in [4.69, 9.17) is 11.6 Å². The molecule has 0 saturated heterocycles. The predicted molar refractivity (Wildman–Crippen MR) is 113 cm³/mol. The van der Waals surface area contributed by atoms with Crippen LogP contribution < -0.4 is 5.56 Å². The Balaban J connectivity index is 1.47. The van der Waals surface area contributed by atoms with Crippen molar-refractivity contribution >= 4 is 22.5 Å². The normalized spacial score (nSPS) is 22.6. The first-order valence-corrected chi connectivity index (χ1v) is 10.7. The molecule has 0 aliphatic heterocycles. The Morgan fingerprint density at radius 3 is 2.54 bits per heavy atom. The molecule has 146 valence electrons. The second-order valence-electron chi connectivity index (χ2n) is 8.40. The standard InChI is InChI=1S/C23H25ClN2O2/c24-22-20(10-11-25(23(22)28)14-15-1-2-15)16-3-8-21-17(13-16)9-12-26(21)18-4-6-19(27)7-5-18/h3,8-13,15,18-19,27H,1-2,4-7,14H2. The monoisotopic (exact) mass is 396 g/mol. The van der Waals surface area contributed by atoms with Gasteiger partial charge in [-0.05, 0) is 74.3 Å². The summed E-state index contributed by atoms with van der Waals surface area (Å²) in [7, 11) is 0. The summed E-state index contributed by atoms with van der Waals surface area (Å²) in [6.07, 6.45) is 10.1. The third-order valence-corrected chi connectivity index (χ3v) is 6.71. The van der Waals surface area contributed by atoms with Crippen LogP contribution >= 0.6 is 11.6 Å². The third-order valence-electron chi connectivity index (χ3n) is 6.35. The molecule has 2 aliphatic rings. The van der Waals surface area contributed by atoms with Crippen LogP contribution in [0.2, 0.25) is 5.02 Å². The van der Waals surface area contributed by atoms with E-state index in [1.165, 1.54) is 18.4 Å². The Kier molecular flexibility index (Phi) is 4.56. The van der Waals surface area contributed by atoms with Gasteiger partial charge in [0.15, 0.2) is 0 Å². The number of benzene rings is 1. The second-order valence-corrected chi connectivity index (χ2v) is 8.78. The van der Waals surface area contributed by atoms with Gasteiger partial charge in [0.1, 0.15) is 5.02 Å². The molecule has 0 unspecified atom stereocenters. The molecule has 2 saturated carbocycles. The van der Waals surface area contributed by atoms with E-state index in [1.54, 1.807) is 4.57 Å². The third kappa shape index (κ3) is 3.29. The van der Waals surface area contributed by atoms with E-state index < -0.39 is 0 Å². The zero-order valence-electron chi connectivity index (χ0n) is 15.9. The van der Waals surface area contributed by atoms with Crippen LogP contribution in [0.3, 0.4) is 0 Å². The molecule has 0 spiro atoms. The maximum atomic E-state index is 12.6. The van der Waals surface area contributed by atoms with Gasteiger partial charge in [-0.15, -0.1) is 0 Å². The lowest BCUT2D eigenvalue weighted by Gasteiger charge is -2.27. The number of hydrogen-bond donors (Lipinski definition) is 1. The molecule has 1 aromatic carbocycles. The van der Waals surface area contributed by atoms with E-state index in [9.17, 15) is 9.90 Å². The molecule has 5 heteroatoms. The number of aliphatic hydroxyl groups is 1. The average Bonchev–Trinajstić information content (AvgIpc) is 3.42. The quantitative estimate of drug-likeness (QED) is 0.673. The number of halogens is 1. The molecule has 2 aliphatic carbocycles. The van der Waals surface area contributed by atoms with Crippen LogP contribution in [-0.4, -0.2) is 20.3 Å². The maximum Gasteiger partial charge on any atom is 0.269 e. The second kappa shape index (κ2) is 7.09. The fourth-order valence-electron chi connectivity index (χ4n) is 4.48. The Labute approximate surface area is 169 Å². The fraction of sp³-hybridized carbons (Fsp3) is 0.435. The maximum absolute atomic E-state index is 12.6. The lowest BCUT2D eigenvalue weighted by Crippen LogP contribution is -2.21. The van der Waals surface area contributed by atoms with Crippen molar-refractivity contribution in [3.05, 3.63) is 58.1 Å². The number of aromatic nitrogens is 2. The minimum absolute atomic E-state index is 0.0931. The predicted octanol–water partition coefficient (Wildman–Crippen LogP) is 5.01. The molecule has 28 heavy (non-hydrogen) atoms. The van der Waals surface area contributed by atoms with Gasteiger partial charge in [0.2, 0.25) is 0 Å². The Hall–Kier alpha value is -2.04. The summed E-state index contributed by atoms with van der Waals surface area (Å²) >= 11 is 6.47. The van der Waals surface area contributed by atoms with Crippen molar-refractivity contribution in [2.75, 3.05) is 0 Å². The topological polar surface area (TPSA) is 47.2 Å². The fourth-order valence-corrected chi connectivity index (χ4v) is 4.76. The van der Waals surface area contributed by atoms with E-state index in [0.29, 0.717) is 17.0 Å². The first-order valence-electron chi connectivity index (χ1n) is 10.3. The van der Waals surface area contributed by atoms with E-state index in [1.807, 2.05) is 12.3 Å². The molecule has 0 radical (unpaired) electrons. The Morgan fingerprint density at radius 1 is 1.00 bits per heavy atom. The van der Waals surface area contributed by atoms with Crippen molar-refractivity contribution in [2.24, 2.45) is 5.92 Å². The van der Waals surface area contributed by atoms with Gasteiger partial charge in [-0.1, -0.05) is 17.7 Å². The van der Waals surface area contributed by atoms with Crippen molar-refractivity contribution in [3.63, 3.8) is 0 Å². The number of nitrogens with zero attached hydrogens (tertiary/aromatic N) is 2. The van der Waals surface area contributed by atoms with Crippen LogP contribution in [0.5, 0.6) is 0 Å². The molecule has 0 bridgehead atoms. The molecule has 5 rings (SSSR count). The van der Waals surface area contributed by atoms with Gasteiger partial charge in [0.05, 0.1) is 6.10 Å². The van der Waals surface area contributed by atoms with Crippen LogP contribution in [0.15, 0.2) is 47.5 Å². The van der Waals surface area contributed by atoms with Gasteiger partial charge in [-0.3, -0.25) is 4.79 Å². The summed E-state index contributed by atoms with van der Waals surface area (Å²) in [5, 5.41) is 11.2. The summed E-state index contributed by atoms with van der Waals surface area (Å²) in [5.41, 5.74) is 2.88. The highest BCUT2D eigenvalue weighted by Crippen LogP contribution is 2.35. The lowest BCUT2D eigenvalue weighted by atomic mass is 9.93. The first-order chi connectivity index (χ1) is 13.6. The number of pyridine rings is 1. The number of rotatable bonds is 4. The Bertz CT molecular complexity index is 1070. The molecule has 0 amide bonds. The van der Waals surface area contributed by atoms with E-state index in [2.05, 4.69) is 35.0 Å². The summed E-state index contributed by atoms with van der Waals surface area (Å²) in [4.78, 5) is 12.6. The number of aliphatic hydroxyl groups excluding tert-OH is 1. The van der Waals surface area contributed by atoms with Gasteiger partial charge < -0.3 is 14.2 Å². The lowest BCUT2D eigenvalue weighted by molar-refractivity contribution is 0.111.